The van der Waals surface area contributed by atoms with Crippen LogP contribution in [0.25, 0.3) is 0 Å². The second-order valence-corrected chi connectivity index (χ2v) is 3.93. The maximum absolute atomic E-state index is 11.1. The van der Waals surface area contributed by atoms with Crippen molar-refractivity contribution < 1.29 is 14.6 Å². The van der Waals surface area contributed by atoms with Crippen LogP contribution in [0, 0.1) is 18.3 Å². The number of morpholine rings is 1. The fourth-order valence-corrected chi connectivity index (χ4v) is 1.79. The molecule has 2 rings (SSSR count). The molecule has 0 bridgehead atoms. The minimum atomic E-state index is -0.988. The fourth-order valence-electron chi connectivity index (χ4n) is 1.79. The summed E-state index contributed by atoms with van der Waals surface area (Å²) in [5.74, 6) is -0.722. The summed E-state index contributed by atoms with van der Waals surface area (Å²) in [4.78, 5) is 20.9. The van der Waals surface area contributed by atoms with Crippen molar-refractivity contribution in [2.45, 2.75) is 13.0 Å². The summed E-state index contributed by atoms with van der Waals surface area (Å²) in [6.45, 7) is 2.64. The predicted molar refractivity (Wildman–Crippen MR) is 61.1 cm³/mol. The van der Waals surface area contributed by atoms with Crippen molar-refractivity contribution in [3.8, 4) is 6.07 Å². The Bertz CT molecular complexity index is 512. The van der Waals surface area contributed by atoms with Crippen molar-refractivity contribution >= 4 is 11.9 Å². The molecule has 0 spiro atoms. The van der Waals surface area contributed by atoms with Gasteiger partial charge in [-0.25, -0.2) is 14.8 Å². The molecule has 7 heteroatoms. The second-order valence-electron chi connectivity index (χ2n) is 3.93. The molecular weight excluding hydrogens is 236 g/mol. The van der Waals surface area contributed by atoms with Gasteiger partial charge in [-0.05, 0) is 13.0 Å². The molecule has 0 amide bonds. The molecule has 1 fully saturated rings. The van der Waals surface area contributed by atoms with Gasteiger partial charge in [-0.15, -0.1) is 0 Å². The number of rotatable bonds is 2. The third kappa shape index (κ3) is 2.38. The molecule has 1 atom stereocenters. The van der Waals surface area contributed by atoms with Gasteiger partial charge in [-0.1, -0.05) is 0 Å². The Balaban J connectivity index is 2.36. The maximum atomic E-state index is 11.1. The van der Waals surface area contributed by atoms with Crippen LogP contribution in [0.3, 0.4) is 0 Å². The number of carboxylic acid groups (broad SMARTS) is 1. The van der Waals surface area contributed by atoms with Gasteiger partial charge in [-0.3, -0.25) is 0 Å². The Morgan fingerprint density at radius 2 is 2.44 bits per heavy atom. The normalized spacial score (nSPS) is 19.3. The van der Waals surface area contributed by atoms with Crippen LogP contribution in [-0.2, 0) is 9.53 Å². The summed E-state index contributed by atoms with van der Waals surface area (Å²) < 4.78 is 5.14. The lowest BCUT2D eigenvalue weighted by Crippen LogP contribution is -2.50. The minimum absolute atomic E-state index is 0.0918. The first-order valence-electron chi connectivity index (χ1n) is 5.45. The van der Waals surface area contributed by atoms with Gasteiger partial charge in [0.2, 0.25) is 5.95 Å². The van der Waals surface area contributed by atoms with E-state index >= 15 is 0 Å². The van der Waals surface area contributed by atoms with Gasteiger partial charge in [0.25, 0.3) is 0 Å². The van der Waals surface area contributed by atoms with Crippen molar-refractivity contribution in [2.75, 3.05) is 24.7 Å². The average molecular weight is 248 g/mol. The van der Waals surface area contributed by atoms with Gasteiger partial charge in [-0.2, -0.15) is 5.26 Å². The number of nitrogens with zero attached hydrogens (tertiary/aromatic N) is 4. The molecule has 1 unspecified atom stereocenters. The van der Waals surface area contributed by atoms with E-state index in [1.165, 1.54) is 0 Å². The molecule has 94 valence electrons. The van der Waals surface area contributed by atoms with Gasteiger partial charge in [0, 0.05) is 12.2 Å². The zero-order valence-corrected chi connectivity index (χ0v) is 9.83. The van der Waals surface area contributed by atoms with E-state index in [1.807, 2.05) is 6.07 Å². The van der Waals surface area contributed by atoms with E-state index in [4.69, 9.17) is 15.1 Å². The summed E-state index contributed by atoms with van der Waals surface area (Å²) in [6, 6.07) is 2.68. The lowest BCUT2D eigenvalue weighted by molar-refractivity contribution is -0.141. The summed E-state index contributed by atoms with van der Waals surface area (Å²) in [7, 11) is 0. The quantitative estimate of drug-likeness (QED) is 0.782. The lowest BCUT2D eigenvalue weighted by Gasteiger charge is -2.32. The molecule has 1 aliphatic rings. The third-order valence-electron chi connectivity index (χ3n) is 2.63. The Morgan fingerprint density at radius 1 is 1.67 bits per heavy atom. The van der Waals surface area contributed by atoms with Crippen molar-refractivity contribution in [3.05, 3.63) is 17.5 Å². The molecule has 1 saturated heterocycles. The van der Waals surface area contributed by atoms with Crippen LogP contribution < -0.4 is 4.90 Å². The minimum Gasteiger partial charge on any atom is -0.480 e. The smallest absolute Gasteiger partial charge is 0.328 e. The number of carboxylic acids is 1. The van der Waals surface area contributed by atoms with Gasteiger partial charge >= 0.3 is 5.97 Å². The average Bonchev–Trinajstić information content (AvgIpc) is 2.38. The number of anilines is 1. The highest BCUT2D eigenvalue weighted by molar-refractivity contribution is 5.77. The van der Waals surface area contributed by atoms with E-state index in [0.29, 0.717) is 18.8 Å². The maximum Gasteiger partial charge on any atom is 0.328 e. The van der Waals surface area contributed by atoms with E-state index in [9.17, 15) is 4.79 Å². The number of ether oxygens (including phenoxy) is 1. The van der Waals surface area contributed by atoms with Crippen molar-refractivity contribution in [2.24, 2.45) is 0 Å². The third-order valence-corrected chi connectivity index (χ3v) is 2.63. The zero-order chi connectivity index (χ0) is 13.1. The van der Waals surface area contributed by atoms with Crippen LogP contribution in [0.15, 0.2) is 6.07 Å². The van der Waals surface area contributed by atoms with Crippen LogP contribution in [0.2, 0.25) is 0 Å². The van der Waals surface area contributed by atoms with Gasteiger partial charge in [0.05, 0.1) is 13.2 Å². The first kappa shape index (κ1) is 12.3. The number of aryl methyl sites for hydroxylation is 1. The van der Waals surface area contributed by atoms with Crippen molar-refractivity contribution in [3.63, 3.8) is 0 Å². The van der Waals surface area contributed by atoms with Crippen LogP contribution in [0.5, 0.6) is 0 Å². The number of aliphatic carboxylic acids is 1. The summed E-state index contributed by atoms with van der Waals surface area (Å²) in [5, 5.41) is 18.0. The number of hydrogen-bond acceptors (Lipinski definition) is 6. The second kappa shape index (κ2) is 4.98. The fraction of sp³-hybridized carbons (Fsp3) is 0.455. The molecule has 7 nitrogen and oxygen atoms in total. The Labute approximate surface area is 104 Å². The number of hydrogen-bond donors (Lipinski definition) is 1. The summed E-state index contributed by atoms with van der Waals surface area (Å²) in [6.07, 6.45) is 0. The molecular formula is C11H12N4O3. The first-order valence-corrected chi connectivity index (χ1v) is 5.45. The van der Waals surface area contributed by atoms with Crippen LogP contribution in [0.1, 0.15) is 11.4 Å². The molecule has 0 saturated carbocycles. The van der Waals surface area contributed by atoms with E-state index < -0.39 is 12.0 Å². The predicted octanol–water partition coefficient (Wildman–Crippen LogP) is -0.0535. The zero-order valence-electron chi connectivity index (χ0n) is 9.83. The Hall–Kier alpha value is -2.20. The van der Waals surface area contributed by atoms with E-state index in [2.05, 4.69) is 9.97 Å². The number of nitriles is 1. The lowest BCUT2D eigenvalue weighted by atomic mass is 10.2. The molecule has 1 N–H and O–H groups in total. The summed E-state index contributed by atoms with van der Waals surface area (Å²) >= 11 is 0. The molecule has 1 aromatic rings. The highest BCUT2D eigenvalue weighted by atomic mass is 16.5. The van der Waals surface area contributed by atoms with Gasteiger partial charge in [0.1, 0.15) is 11.8 Å². The van der Waals surface area contributed by atoms with Crippen molar-refractivity contribution in [1.29, 1.82) is 5.26 Å². The van der Waals surface area contributed by atoms with Gasteiger partial charge in [0.15, 0.2) is 6.04 Å². The summed E-state index contributed by atoms with van der Waals surface area (Å²) in [5.41, 5.74) is 0.861. The molecule has 18 heavy (non-hydrogen) atoms. The topological polar surface area (TPSA) is 99.3 Å². The van der Waals surface area contributed by atoms with Crippen molar-refractivity contribution in [1.82, 2.24) is 9.97 Å². The van der Waals surface area contributed by atoms with E-state index in [1.54, 1.807) is 17.9 Å². The van der Waals surface area contributed by atoms with E-state index in [-0.39, 0.29) is 18.2 Å². The standard InChI is InChI=1S/C11H12N4O3/c1-7-4-8(5-12)14-11(13-7)15-2-3-18-6-9(15)10(16)17/h4,9H,2-3,6H2,1H3,(H,16,17). The monoisotopic (exact) mass is 248 g/mol. The molecule has 1 aromatic heterocycles. The first-order chi connectivity index (χ1) is 8.61. The largest absolute Gasteiger partial charge is 0.480 e. The highest BCUT2D eigenvalue weighted by Gasteiger charge is 2.31. The molecule has 2 heterocycles. The molecule has 0 aliphatic carbocycles. The highest BCUT2D eigenvalue weighted by Crippen LogP contribution is 2.16. The molecule has 0 radical (unpaired) electrons. The Kier molecular flexibility index (Phi) is 3.39. The van der Waals surface area contributed by atoms with Crippen LogP contribution >= 0.6 is 0 Å². The number of aromatic nitrogens is 2. The molecule has 1 aliphatic heterocycles. The van der Waals surface area contributed by atoms with Gasteiger partial charge < -0.3 is 14.7 Å². The Morgan fingerprint density at radius 3 is 3.11 bits per heavy atom. The molecule has 0 aromatic carbocycles. The van der Waals surface area contributed by atoms with E-state index in [0.717, 1.165) is 0 Å². The number of carbonyl (C=O) groups is 1. The SMILES string of the molecule is Cc1cc(C#N)nc(N2CCOCC2C(=O)O)n1. The van der Waals surface area contributed by atoms with Crippen LogP contribution in [0.4, 0.5) is 5.95 Å². The van der Waals surface area contributed by atoms with Crippen LogP contribution in [-0.4, -0.2) is 46.8 Å².